The summed E-state index contributed by atoms with van der Waals surface area (Å²) >= 11 is 12.1. The number of fused-ring (bicyclic) bond motifs is 1. The molecule has 1 heterocycles. The first-order valence-electron chi connectivity index (χ1n) is 8.19. The van der Waals surface area contributed by atoms with Gasteiger partial charge in [-0.05, 0) is 42.5 Å². The second kappa shape index (κ2) is 6.85. The van der Waals surface area contributed by atoms with Crippen molar-refractivity contribution in [2.75, 3.05) is 0 Å². The molecule has 132 valence electrons. The molecule has 0 bridgehead atoms. The summed E-state index contributed by atoms with van der Waals surface area (Å²) in [7, 11) is 0. The molecule has 0 radical (unpaired) electrons. The van der Waals surface area contributed by atoms with Crippen LogP contribution in [0.1, 0.15) is 38.2 Å². The fourth-order valence-corrected chi connectivity index (χ4v) is 4.16. The van der Waals surface area contributed by atoms with Gasteiger partial charge in [0.2, 0.25) is 5.91 Å². The molecule has 4 nitrogen and oxygen atoms in total. The fourth-order valence-electron chi connectivity index (χ4n) is 3.84. The van der Waals surface area contributed by atoms with Gasteiger partial charge in [0.05, 0.1) is 16.6 Å². The Balaban J connectivity index is 2.00. The number of allylic oxidation sites excluding steroid dienone is 3. The SMILES string of the molecule is CC12CCCC(/C=C/C(=O)O)=C1N(Cc1ccc(Cl)c(Cl)c1)C(=O)C2. The van der Waals surface area contributed by atoms with E-state index in [0.717, 1.165) is 42.2 Å². The zero-order chi connectivity index (χ0) is 18.2. The summed E-state index contributed by atoms with van der Waals surface area (Å²) in [6.07, 6.45) is 5.89. The van der Waals surface area contributed by atoms with Gasteiger partial charge in [0.1, 0.15) is 0 Å². The van der Waals surface area contributed by atoms with Crippen molar-refractivity contribution in [2.24, 2.45) is 5.41 Å². The number of carbonyl (C=O) groups excluding carboxylic acids is 1. The standard InChI is InChI=1S/C19H19Cl2NO3/c1-19-8-2-3-13(5-7-17(24)25)18(19)22(16(23)10-19)11-12-4-6-14(20)15(21)9-12/h4-7,9H,2-3,8,10-11H2,1H3,(H,24,25)/b7-5+. The van der Waals surface area contributed by atoms with Crippen LogP contribution in [0.3, 0.4) is 0 Å². The van der Waals surface area contributed by atoms with Gasteiger partial charge < -0.3 is 10.0 Å². The molecule has 1 atom stereocenters. The van der Waals surface area contributed by atoms with Crippen molar-refractivity contribution >= 4 is 35.1 Å². The first-order chi connectivity index (χ1) is 11.8. The molecule has 2 aliphatic rings. The quantitative estimate of drug-likeness (QED) is 0.763. The molecule has 0 saturated carbocycles. The molecule has 0 spiro atoms. The topological polar surface area (TPSA) is 57.6 Å². The third kappa shape index (κ3) is 3.60. The number of nitrogens with zero attached hydrogens (tertiary/aromatic N) is 1. The van der Waals surface area contributed by atoms with Crippen molar-refractivity contribution in [2.45, 2.75) is 39.2 Å². The number of rotatable bonds is 4. The Labute approximate surface area is 156 Å². The summed E-state index contributed by atoms with van der Waals surface area (Å²) in [5, 5.41) is 9.87. The molecule has 1 N–H and O–H groups in total. The van der Waals surface area contributed by atoms with Crippen LogP contribution < -0.4 is 0 Å². The second-order valence-electron chi connectivity index (χ2n) is 6.86. The van der Waals surface area contributed by atoms with Gasteiger partial charge in [-0.2, -0.15) is 0 Å². The Morgan fingerprint density at radius 2 is 2.12 bits per heavy atom. The van der Waals surface area contributed by atoms with E-state index in [4.69, 9.17) is 28.3 Å². The van der Waals surface area contributed by atoms with Crippen LogP contribution in [0.25, 0.3) is 0 Å². The number of aliphatic carboxylic acids is 1. The smallest absolute Gasteiger partial charge is 0.328 e. The van der Waals surface area contributed by atoms with Crippen LogP contribution >= 0.6 is 23.2 Å². The molecule has 1 amide bonds. The van der Waals surface area contributed by atoms with Crippen molar-refractivity contribution in [3.8, 4) is 0 Å². The molecule has 1 saturated heterocycles. The third-order valence-electron chi connectivity index (χ3n) is 4.91. The van der Waals surface area contributed by atoms with Crippen molar-refractivity contribution < 1.29 is 14.7 Å². The van der Waals surface area contributed by atoms with Gasteiger partial charge in [-0.1, -0.05) is 42.3 Å². The van der Waals surface area contributed by atoms with Gasteiger partial charge in [0, 0.05) is 23.6 Å². The fraction of sp³-hybridized carbons (Fsp3) is 0.368. The lowest BCUT2D eigenvalue weighted by atomic mass is 9.74. The van der Waals surface area contributed by atoms with Gasteiger partial charge in [0.15, 0.2) is 0 Å². The summed E-state index contributed by atoms with van der Waals surface area (Å²) in [6, 6.07) is 5.34. The van der Waals surface area contributed by atoms with Gasteiger partial charge in [-0.25, -0.2) is 4.79 Å². The molecule has 1 unspecified atom stereocenters. The monoisotopic (exact) mass is 379 g/mol. The maximum absolute atomic E-state index is 12.7. The average Bonchev–Trinajstić information content (AvgIpc) is 2.79. The Kier molecular flexibility index (Phi) is 4.94. The van der Waals surface area contributed by atoms with E-state index in [9.17, 15) is 9.59 Å². The van der Waals surface area contributed by atoms with Crippen LogP contribution in [0.15, 0.2) is 41.6 Å². The third-order valence-corrected chi connectivity index (χ3v) is 5.65. The van der Waals surface area contributed by atoms with Crippen molar-refractivity contribution in [1.29, 1.82) is 0 Å². The van der Waals surface area contributed by atoms with Gasteiger partial charge in [-0.15, -0.1) is 0 Å². The number of halogens is 2. The number of likely N-dealkylation sites (tertiary alicyclic amines) is 1. The van der Waals surface area contributed by atoms with E-state index in [2.05, 4.69) is 6.92 Å². The molecule has 25 heavy (non-hydrogen) atoms. The lowest BCUT2D eigenvalue weighted by Crippen LogP contribution is -2.28. The number of carboxylic acids is 1. The lowest BCUT2D eigenvalue weighted by Gasteiger charge is -2.34. The number of benzene rings is 1. The highest BCUT2D eigenvalue weighted by Gasteiger charge is 2.46. The summed E-state index contributed by atoms with van der Waals surface area (Å²) in [4.78, 5) is 25.4. The van der Waals surface area contributed by atoms with Crippen LogP contribution in [0.5, 0.6) is 0 Å². The number of hydrogen-bond donors (Lipinski definition) is 1. The minimum atomic E-state index is -0.985. The van der Waals surface area contributed by atoms with E-state index in [1.54, 1.807) is 23.1 Å². The summed E-state index contributed by atoms with van der Waals surface area (Å²) in [5.41, 5.74) is 2.55. The first kappa shape index (κ1) is 18.0. The zero-order valence-electron chi connectivity index (χ0n) is 13.9. The summed E-state index contributed by atoms with van der Waals surface area (Å²) in [5.74, 6) is -0.924. The van der Waals surface area contributed by atoms with Gasteiger partial charge in [-0.3, -0.25) is 4.79 Å². The van der Waals surface area contributed by atoms with Crippen molar-refractivity contribution in [1.82, 2.24) is 4.90 Å². The first-order valence-corrected chi connectivity index (χ1v) is 8.95. The van der Waals surface area contributed by atoms with E-state index in [1.807, 2.05) is 6.07 Å². The normalized spacial score (nSPS) is 23.5. The highest BCUT2D eigenvalue weighted by atomic mass is 35.5. The molecule has 0 aromatic heterocycles. The molecule has 3 rings (SSSR count). The number of carbonyl (C=O) groups is 2. The zero-order valence-corrected chi connectivity index (χ0v) is 15.4. The van der Waals surface area contributed by atoms with Gasteiger partial charge >= 0.3 is 5.97 Å². The maximum atomic E-state index is 12.7. The second-order valence-corrected chi connectivity index (χ2v) is 7.68. The van der Waals surface area contributed by atoms with Crippen molar-refractivity contribution in [3.63, 3.8) is 0 Å². The molecular weight excluding hydrogens is 361 g/mol. The lowest BCUT2D eigenvalue weighted by molar-refractivity contribution is -0.131. The van der Waals surface area contributed by atoms with Crippen LogP contribution in [-0.4, -0.2) is 21.9 Å². The molecule has 1 aliphatic heterocycles. The van der Waals surface area contributed by atoms with Crippen LogP contribution in [-0.2, 0) is 16.1 Å². The molecule has 1 fully saturated rings. The van der Waals surface area contributed by atoms with Crippen LogP contribution in [0.4, 0.5) is 0 Å². The van der Waals surface area contributed by atoms with E-state index < -0.39 is 5.97 Å². The predicted octanol–water partition coefficient (Wildman–Crippen LogP) is 4.81. The average molecular weight is 380 g/mol. The van der Waals surface area contributed by atoms with E-state index in [1.165, 1.54) is 0 Å². The van der Waals surface area contributed by atoms with Crippen LogP contribution in [0, 0.1) is 5.41 Å². The molecule has 6 heteroatoms. The Hall–Kier alpha value is -1.78. The molecule has 1 aromatic rings. The number of hydrogen-bond acceptors (Lipinski definition) is 2. The Bertz CT molecular complexity index is 800. The minimum Gasteiger partial charge on any atom is -0.478 e. The molecule has 1 aromatic carbocycles. The summed E-state index contributed by atoms with van der Waals surface area (Å²) < 4.78 is 0. The Morgan fingerprint density at radius 3 is 2.80 bits per heavy atom. The highest BCUT2D eigenvalue weighted by molar-refractivity contribution is 6.42. The summed E-state index contributed by atoms with van der Waals surface area (Å²) in [6.45, 7) is 2.49. The molecular formula is C19H19Cl2NO3. The van der Waals surface area contributed by atoms with E-state index >= 15 is 0 Å². The molecule has 1 aliphatic carbocycles. The van der Waals surface area contributed by atoms with Crippen molar-refractivity contribution in [3.05, 3.63) is 57.2 Å². The minimum absolute atomic E-state index is 0.0618. The van der Waals surface area contributed by atoms with E-state index in [-0.39, 0.29) is 11.3 Å². The maximum Gasteiger partial charge on any atom is 0.328 e. The highest BCUT2D eigenvalue weighted by Crippen LogP contribution is 2.50. The van der Waals surface area contributed by atoms with E-state index in [0.29, 0.717) is 23.0 Å². The number of carboxylic acid groups (broad SMARTS) is 1. The van der Waals surface area contributed by atoms with Crippen LogP contribution in [0.2, 0.25) is 10.0 Å². The predicted molar refractivity (Wildman–Crippen MR) is 97.4 cm³/mol. The van der Waals surface area contributed by atoms with Gasteiger partial charge in [0.25, 0.3) is 0 Å². The Morgan fingerprint density at radius 1 is 1.36 bits per heavy atom. The number of amides is 1. The largest absolute Gasteiger partial charge is 0.478 e.